The third kappa shape index (κ3) is 5.70. The number of aryl methyl sites for hydroxylation is 1. The number of carboxylic acid groups (broad SMARTS) is 1. The third-order valence-corrected chi connectivity index (χ3v) is 8.55. The van der Waals surface area contributed by atoms with Crippen molar-refractivity contribution in [3.05, 3.63) is 88.1 Å². The molecule has 2 aromatic heterocycles. The SMILES string of the molecule is Cc1cc2nc(C(=O)NCCc3ccccc3)sc2c(-c2ccc3c4c(ccnc24)CCO3)c1[C@H](OC(C)(C)C)C(=O)O. The molecule has 1 amide bonds. The Morgan fingerprint density at radius 2 is 1.93 bits per heavy atom. The van der Waals surface area contributed by atoms with Gasteiger partial charge in [-0.05, 0) is 75.1 Å². The van der Waals surface area contributed by atoms with E-state index in [2.05, 4.69) is 5.32 Å². The summed E-state index contributed by atoms with van der Waals surface area (Å²) in [5.41, 5.74) is 5.50. The van der Waals surface area contributed by atoms with Crippen LogP contribution in [-0.4, -0.2) is 45.7 Å². The molecule has 0 bridgehead atoms. The van der Waals surface area contributed by atoms with E-state index in [1.54, 1.807) is 6.20 Å². The molecule has 6 rings (SSSR count). The number of ether oxygens (including phenoxy) is 2. The predicted octanol–water partition coefficient (Wildman–Crippen LogP) is 6.67. The highest BCUT2D eigenvalue weighted by atomic mass is 32.1. The van der Waals surface area contributed by atoms with Gasteiger partial charge in [0.25, 0.3) is 5.91 Å². The molecule has 1 aliphatic heterocycles. The summed E-state index contributed by atoms with van der Waals surface area (Å²) in [6.07, 6.45) is 1.98. The number of rotatable bonds is 8. The summed E-state index contributed by atoms with van der Waals surface area (Å²) in [6.45, 7) is 8.42. The summed E-state index contributed by atoms with van der Waals surface area (Å²) in [5.74, 6) is -0.616. The fourth-order valence-corrected chi connectivity index (χ4v) is 6.68. The average Bonchev–Trinajstić information content (AvgIpc) is 3.40. The second kappa shape index (κ2) is 11.4. The van der Waals surface area contributed by atoms with Gasteiger partial charge in [0.15, 0.2) is 11.1 Å². The molecule has 0 saturated heterocycles. The van der Waals surface area contributed by atoms with E-state index >= 15 is 0 Å². The number of aromatic nitrogens is 2. The number of thiazole rings is 1. The van der Waals surface area contributed by atoms with Gasteiger partial charge in [-0.1, -0.05) is 30.3 Å². The zero-order chi connectivity index (χ0) is 30.3. The number of pyridine rings is 1. The number of hydrogen-bond acceptors (Lipinski definition) is 7. The number of benzene rings is 3. The number of carbonyl (C=O) groups is 2. The topological polar surface area (TPSA) is 111 Å². The minimum Gasteiger partial charge on any atom is -0.493 e. The second-order valence-electron chi connectivity index (χ2n) is 11.7. The Kier molecular flexibility index (Phi) is 7.62. The van der Waals surface area contributed by atoms with E-state index < -0.39 is 17.7 Å². The molecule has 0 radical (unpaired) electrons. The van der Waals surface area contributed by atoms with Crippen LogP contribution >= 0.6 is 11.3 Å². The van der Waals surface area contributed by atoms with Gasteiger partial charge in [-0.2, -0.15) is 0 Å². The van der Waals surface area contributed by atoms with Crippen LogP contribution in [0.15, 0.2) is 60.8 Å². The van der Waals surface area contributed by atoms with Crippen LogP contribution in [0.3, 0.4) is 0 Å². The molecule has 1 aliphatic rings. The minimum atomic E-state index is -1.26. The number of nitrogens with one attached hydrogen (secondary N) is 1. The van der Waals surface area contributed by atoms with Gasteiger partial charge >= 0.3 is 5.97 Å². The van der Waals surface area contributed by atoms with E-state index in [9.17, 15) is 14.7 Å². The molecule has 220 valence electrons. The first-order chi connectivity index (χ1) is 20.6. The lowest BCUT2D eigenvalue weighted by atomic mass is 9.89. The standard InChI is InChI=1S/C34H33N3O5S/c1-19-18-23-30(43-32(37-23)31(38)36-15-12-20-8-6-5-7-9-20)27(25(19)29(33(39)40)42-34(2,3)4)22-10-11-24-26-21(14-17-41-24)13-16-35-28(22)26/h5-11,13,16,18,29H,12,14-15,17H2,1-4H3,(H,36,38)(H,39,40)/t29-/m0/s1. The Morgan fingerprint density at radius 3 is 2.67 bits per heavy atom. The third-order valence-electron chi connectivity index (χ3n) is 7.46. The summed E-state index contributed by atoms with van der Waals surface area (Å²) in [5, 5.41) is 14.7. The number of fused-ring (bicyclic) bond motifs is 1. The van der Waals surface area contributed by atoms with E-state index in [-0.39, 0.29) is 5.91 Å². The van der Waals surface area contributed by atoms with Crippen molar-refractivity contribution in [1.29, 1.82) is 0 Å². The van der Waals surface area contributed by atoms with Crippen LogP contribution in [0.25, 0.3) is 32.2 Å². The van der Waals surface area contributed by atoms with Crippen molar-refractivity contribution >= 4 is 44.3 Å². The molecular weight excluding hydrogens is 562 g/mol. The maximum atomic E-state index is 13.3. The molecule has 0 aliphatic carbocycles. The van der Waals surface area contributed by atoms with Crippen LogP contribution in [-0.2, 0) is 22.4 Å². The number of aliphatic carboxylic acids is 1. The predicted molar refractivity (Wildman–Crippen MR) is 168 cm³/mol. The Morgan fingerprint density at radius 1 is 1.14 bits per heavy atom. The van der Waals surface area contributed by atoms with Crippen LogP contribution in [0.2, 0.25) is 0 Å². The molecule has 0 unspecified atom stereocenters. The van der Waals surface area contributed by atoms with Crippen molar-refractivity contribution in [3.8, 4) is 16.9 Å². The first-order valence-corrected chi connectivity index (χ1v) is 15.1. The molecule has 0 saturated carbocycles. The summed E-state index contributed by atoms with van der Waals surface area (Å²) < 4.78 is 12.8. The van der Waals surface area contributed by atoms with E-state index in [1.807, 2.05) is 82.3 Å². The van der Waals surface area contributed by atoms with Crippen molar-refractivity contribution in [2.24, 2.45) is 0 Å². The van der Waals surface area contributed by atoms with Gasteiger partial charge in [0.05, 0.1) is 27.9 Å². The maximum Gasteiger partial charge on any atom is 0.337 e. The van der Waals surface area contributed by atoms with E-state index in [0.717, 1.165) is 34.2 Å². The van der Waals surface area contributed by atoms with E-state index in [1.165, 1.54) is 11.3 Å². The quantitative estimate of drug-likeness (QED) is 0.206. The molecule has 2 N–H and O–H groups in total. The Bertz CT molecular complexity index is 1850. The minimum absolute atomic E-state index is 0.272. The molecule has 3 heterocycles. The Balaban J connectivity index is 1.52. The van der Waals surface area contributed by atoms with Crippen LogP contribution in [0.1, 0.15) is 58.9 Å². The smallest absolute Gasteiger partial charge is 0.337 e. The number of amides is 1. The zero-order valence-electron chi connectivity index (χ0n) is 24.6. The number of carboxylic acids is 1. The largest absolute Gasteiger partial charge is 0.493 e. The van der Waals surface area contributed by atoms with Gasteiger partial charge in [0.1, 0.15) is 5.75 Å². The highest BCUT2D eigenvalue weighted by Gasteiger charge is 2.33. The first kappa shape index (κ1) is 28.8. The molecule has 0 spiro atoms. The molecule has 5 aromatic rings. The molecular formula is C34H33N3O5S. The summed E-state index contributed by atoms with van der Waals surface area (Å²) in [7, 11) is 0. The highest BCUT2D eigenvalue weighted by Crippen LogP contribution is 2.46. The lowest BCUT2D eigenvalue weighted by molar-refractivity contribution is -0.160. The van der Waals surface area contributed by atoms with Crippen molar-refractivity contribution in [1.82, 2.24) is 15.3 Å². The monoisotopic (exact) mass is 595 g/mol. The van der Waals surface area contributed by atoms with E-state index in [0.29, 0.717) is 57.0 Å². The first-order valence-electron chi connectivity index (χ1n) is 14.3. The van der Waals surface area contributed by atoms with Crippen molar-refractivity contribution < 1.29 is 24.2 Å². The van der Waals surface area contributed by atoms with Gasteiger partial charge in [-0.25, -0.2) is 9.78 Å². The van der Waals surface area contributed by atoms with Gasteiger partial charge in [0.2, 0.25) is 0 Å². The molecule has 8 nitrogen and oxygen atoms in total. The Labute approximate surface area is 253 Å². The molecule has 9 heteroatoms. The second-order valence-corrected chi connectivity index (χ2v) is 12.7. The lowest BCUT2D eigenvalue weighted by Gasteiger charge is -2.28. The molecule has 43 heavy (non-hydrogen) atoms. The van der Waals surface area contributed by atoms with Crippen LogP contribution in [0, 0.1) is 6.92 Å². The molecule has 1 atom stereocenters. The lowest BCUT2D eigenvalue weighted by Crippen LogP contribution is -2.28. The fraction of sp³-hybridized carbons (Fsp3) is 0.294. The fourth-order valence-electron chi connectivity index (χ4n) is 5.64. The van der Waals surface area contributed by atoms with Gasteiger partial charge in [-0.3, -0.25) is 9.78 Å². The molecule has 0 fully saturated rings. The summed E-state index contributed by atoms with van der Waals surface area (Å²) in [6, 6.07) is 17.6. The Hall–Kier alpha value is -4.34. The van der Waals surface area contributed by atoms with E-state index in [4.69, 9.17) is 19.4 Å². The highest BCUT2D eigenvalue weighted by molar-refractivity contribution is 7.20. The zero-order valence-corrected chi connectivity index (χ0v) is 25.4. The molecule has 3 aromatic carbocycles. The summed E-state index contributed by atoms with van der Waals surface area (Å²) >= 11 is 1.25. The number of nitrogens with zero attached hydrogens (tertiary/aromatic N) is 2. The van der Waals surface area contributed by atoms with Gasteiger partial charge in [-0.15, -0.1) is 11.3 Å². The van der Waals surface area contributed by atoms with Crippen molar-refractivity contribution in [3.63, 3.8) is 0 Å². The summed E-state index contributed by atoms with van der Waals surface area (Å²) in [4.78, 5) is 35.6. The van der Waals surface area contributed by atoms with Crippen LogP contribution in [0.5, 0.6) is 5.75 Å². The van der Waals surface area contributed by atoms with Crippen molar-refractivity contribution in [2.75, 3.05) is 13.2 Å². The number of hydrogen-bond donors (Lipinski definition) is 2. The number of carbonyl (C=O) groups excluding carboxylic acids is 1. The van der Waals surface area contributed by atoms with Gasteiger partial charge < -0.3 is 19.9 Å². The average molecular weight is 596 g/mol. The van der Waals surface area contributed by atoms with Gasteiger partial charge in [0, 0.05) is 41.2 Å². The normalized spacial score (nSPS) is 13.6. The maximum absolute atomic E-state index is 13.3. The van der Waals surface area contributed by atoms with Crippen LogP contribution in [0.4, 0.5) is 0 Å². The van der Waals surface area contributed by atoms with Crippen molar-refractivity contribution in [2.45, 2.75) is 52.2 Å². The van der Waals surface area contributed by atoms with Crippen LogP contribution < -0.4 is 10.1 Å².